The van der Waals surface area contributed by atoms with Crippen LogP contribution in [0.4, 0.5) is 0 Å². The minimum atomic E-state index is -1.04. The van der Waals surface area contributed by atoms with Crippen molar-refractivity contribution in [2.24, 2.45) is 17.8 Å². The third kappa shape index (κ3) is 4.71. The van der Waals surface area contributed by atoms with Gasteiger partial charge >= 0.3 is 0 Å². The van der Waals surface area contributed by atoms with E-state index in [4.69, 9.17) is 9.15 Å². The van der Waals surface area contributed by atoms with Crippen molar-refractivity contribution in [2.45, 2.75) is 50.6 Å². The number of hydrogen-bond acceptors (Lipinski definition) is 8. The third-order valence-corrected chi connectivity index (χ3v) is 8.63. The van der Waals surface area contributed by atoms with Gasteiger partial charge in [-0.05, 0) is 55.7 Å². The van der Waals surface area contributed by atoms with Crippen molar-refractivity contribution in [1.29, 1.82) is 0 Å². The lowest BCUT2D eigenvalue weighted by Gasteiger charge is -2.31. The second kappa shape index (κ2) is 10.7. The number of aromatic amines is 1. The summed E-state index contributed by atoms with van der Waals surface area (Å²) in [5, 5.41) is 13.8. The fourth-order valence-corrected chi connectivity index (χ4v) is 6.67. The van der Waals surface area contributed by atoms with Gasteiger partial charge in [-0.1, -0.05) is 18.9 Å². The van der Waals surface area contributed by atoms with E-state index in [9.17, 15) is 19.2 Å². The van der Waals surface area contributed by atoms with E-state index in [1.54, 1.807) is 18.1 Å². The van der Waals surface area contributed by atoms with Gasteiger partial charge in [0.15, 0.2) is 0 Å². The number of ketones is 1. The van der Waals surface area contributed by atoms with E-state index in [-0.39, 0.29) is 36.0 Å². The fraction of sp³-hybridized carbons (Fsp3) is 0.500. The zero-order chi connectivity index (χ0) is 27.8. The number of carbonyl (C=O) groups is 4. The molecule has 0 unspecified atom stereocenters. The van der Waals surface area contributed by atoms with Gasteiger partial charge in [-0.25, -0.2) is 0 Å². The summed E-state index contributed by atoms with van der Waals surface area (Å²) in [6, 6.07) is 5.51. The highest BCUT2D eigenvalue weighted by molar-refractivity contribution is 6.03. The van der Waals surface area contributed by atoms with Gasteiger partial charge in [-0.2, -0.15) is 0 Å². The predicted octanol–water partition coefficient (Wildman–Crippen LogP) is 2.08. The molecular weight excluding hydrogens is 516 g/mol. The highest BCUT2D eigenvalue weighted by atomic mass is 16.5. The lowest BCUT2D eigenvalue weighted by atomic mass is 9.78. The molecule has 3 amide bonds. The molecule has 2 aliphatic heterocycles. The molecule has 0 spiro atoms. The first-order chi connectivity index (χ1) is 19.4. The number of H-pyrrole nitrogens is 1. The average Bonchev–Trinajstić information content (AvgIpc) is 3.77. The van der Waals surface area contributed by atoms with E-state index < -0.39 is 29.7 Å². The van der Waals surface area contributed by atoms with Gasteiger partial charge in [0.25, 0.3) is 11.8 Å². The minimum absolute atomic E-state index is 0.0226. The fourth-order valence-electron chi connectivity index (χ4n) is 6.67. The topological polar surface area (TPSA) is 160 Å². The monoisotopic (exact) mass is 548 g/mol. The molecule has 210 valence electrons. The van der Waals surface area contributed by atoms with E-state index in [0.717, 1.165) is 43.0 Å². The summed E-state index contributed by atoms with van der Waals surface area (Å²) >= 11 is 0. The van der Waals surface area contributed by atoms with Crippen LogP contribution in [0.2, 0.25) is 0 Å². The van der Waals surface area contributed by atoms with Gasteiger partial charge in [0.1, 0.15) is 17.5 Å². The first-order valence-corrected chi connectivity index (χ1v) is 13.8. The molecule has 12 nitrogen and oxygen atoms in total. The molecular formula is C28H32N6O6. The van der Waals surface area contributed by atoms with Gasteiger partial charge in [0.2, 0.25) is 24.0 Å². The average molecular weight is 549 g/mol. The summed E-state index contributed by atoms with van der Waals surface area (Å²) in [7, 11) is 1.58. The second-order valence-electron chi connectivity index (χ2n) is 10.9. The van der Waals surface area contributed by atoms with Crippen LogP contribution in [0, 0.1) is 17.8 Å². The summed E-state index contributed by atoms with van der Waals surface area (Å²) in [5.74, 6) is -1.23. The van der Waals surface area contributed by atoms with Gasteiger partial charge in [-0.15, -0.1) is 10.2 Å². The Bertz CT molecular complexity index is 1430. The number of nitrogens with zero attached hydrogens (tertiary/aromatic N) is 3. The van der Waals surface area contributed by atoms with E-state index in [2.05, 4.69) is 25.8 Å². The molecule has 6 rings (SSSR count). The summed E-state index contributed by atoms with van der Waals surface area (Å²) in [6.45, 7) is 0.976. The normalized spacial score (nSPS) is 24.9. The van der Waals surface area contributed by atoms with Crippen molar-refractivity contribution in [1.82, 2.24) is 30.7 Å². The van der Waals surface area contributed by atoms with Crippen LogP contribution in [-0.4, -0.2) is 75.9 Å². The molecule has 2 aromatic heterocycles. The molecule has 4 heterocycles. The Hall–Kier alpha value is -4.22. The second-order valence-corrected chi connectivity index (χ2v) is 10.9. The number of methoxy groups -OCH3 is 1. The van der Waals surface area contributed by atoms with Crippen LogP contribution in [-0.2, 0) is 9.59 Å². The molecule has 3 fully saturated rings. The molecule has 0 radical (unpaired) electrons. The van der Waals surface area contributed by atoms with Crippen molar-refractivity contribution < 1.29 is 28.3 Å². The number of nitrogens with one attached hydrogen (secondary N) is 3. The van der Waals surface area contributed by atoms with E-state index in [0.29, 0.717) is 31.0 Å². The number of Topliss-reactive ketones (excluding diaryl/α,β-unsaturated/α-hetero) is 1. The lowest BCUT2D eigenvalue weighted by Crippen LogP contribution is -2.53. The first-order valence-electron chi connectivity index (χ1n) is 13.8. The van der Waals surface area contributed by atoms with Crippen LogP contribution in [0.3, 0.4) is 0 Å². The Morgan fingerprint density at radius 1 is 1.23 bits per heavy atom. The quantitative estimate of drug-likeness (QED) is 0.361. The van der Waals surface area contributed by atoms with Gasteiger partial charge < -0.3 is 29.7 Å². The van der Waals surface area contributed by atoms with Crippen molar-refractivity contribution in [2.75, 3.05) is 20.2 Å². The SMILES string of the molecule is COc1cccc2[nH]c(C(=O)N3C[C@@H]4CCCC[C@@H]4[C@H]3C(=O)N[C@@H](C[C@@H]3CCNC3=O)C(=O)c3nnco3)cc12. The van der Waals surface area contributed by atoms with Crippen LogP contribution in [0.15, 0.2) is 35.1 Å². The summed E-state index contributed by atoms with van der Waals surface area (Å²) < 4.78 is 10.6. The third-order valence-electron chi connectivity index (χ3n) is 8.63. The number of amides is 3. The Morgan fingerprint density at radius 2 is 2.08 bits per heavy atom. The number of ether oxygens (including phenoxy) is 1. The molecule has 3 N–H and O–H groups in total. The molecule has 12 heteroatoms. The first kappa shape index (κ1) is 26.0. The molecule has 2 saturated heterocycles. The Morgan fingerprint density at radius 3 is 2.83 bits per heavy atom. The molecule has 3 aromatic rings. The largest absolute Gasteiger partial charge is 0.496 e. The lowest BCUT2D eigenvalue weighted by molar-refractivity contribution is -0.127. The van der Waals surface area contributed by atoms with E-state index in [1.165, 1.54) is 0 Å². The number of carbonyl (C=O) groups excluding carboxylic acids is 4. The Kier molecular flexibility index (Phi) is 6.99. The molecule has 1 aliphatic carbocycles. The summed E-state index contributed by atoms with van der Waals surface area (Å²) in [5.41, 5.74) is 1.14. The van der Waals surface area contributed by atoms with Crippen molar-refractivity contribution in [3.05, 3.63) is 42.2 Å². The molecule has 1 saturated carbocycles. The smallest absolute Gasteiger partial charge is 0.286 e. The highest BCUT2D eigenvalue weighted by Crippen LogP contribution is 2.41. The number of benzene rings is 1. The molecule has 1 aromatic carbocycles. The summed E-state index contributed by atoms with van der Waals surface area (Å²) in [4.78, 5) is 58.4. The van der Waals surface area contributed by atoms with E-state index in [1.807, 2.05) is 18.2 Å². The van der Waals surface area contributed by atoms with E-state index >= 15 is 0 Å². The number of hydrogen-bond donors (Lipinski definition) is 3. The van der Waals surface area contributed by atoms with Crippen LogP contribution < -0.4 is 15.4 Å². The molecule has 0 bridgehead atoms. The van der Waals surface area contributed by atoms with Gasteiger partial charge in [0, 0.05) is 29.9 Å². The van der Waals surface area contributed by atoms with Crippen LogP contribution in [0.5, 0.6) is 5.75 Å². The maximum atomic E-state index is 14.0. The van der Waals surface area contributed by atoms with Crippen LogP contribution >= 0.6 is 0 Å². The van der Waals surface area contributed by atoms with Gasteiger partial charge in [-0.3, -0.25) is 19.2 Å². The molecule has 40 heavy (non-hydrogen) atoms. The van der Waals surface area contributed by atoms with Gasteiger partial charge in [0.05, 0.1) is 13.2 Å². The van der Waals surface area contributed by atoms with Crippen molar-refractivity contribution in [3.63, 3.8) is 0 Å². The molecule has 3 aliphatic rings. The number of likely N-dealkylation sites (tertiary alicyclic amines) is 1. The number of fused-ring (bicyclic) bond motifs is 2. The number of rotatable bonds is 8. The van der Waals surface area contributed by atoms with Crippen molar-refractivity contribution >= 4 is 34.4 Å². The minimum Gasteiger partial charge on any atom is -0.496 e. The van der Waals surface area contributed by atoms with Crippen molar-refractivity contribution in [3.8, 4) is 5.75 Å². The zero-order valence-electron chi connectivity index (χ0n) is 22.2. The van der Waals surface area contributed by atoms with Crippen LogP contribution in [0.1, 0.15) is 59.7 Å². The predicted molar refractivity (Wildman–Crippen MR) is 141 cm³/mol. The number of aromatic nitrogens is 3. The zero-order valence-corrected chi connectivity index (χ0v) is 22.2. The Labute approximate surface area is 230 Å². The molecule has 5 atom stereocenters. The standard InChI is InChI=1S/C28H32N6O6/c1-39-22-8-4-7-19-18(22)12-21(31-19)28(38)34-13-16-5-2-3-6-17(16)23(34)26(37)32-20(11-15-9-10-29-25(15)36)24(35)27-33-30-14-40-27/h4,7-8,12,14-17,20,23,31H,2-3,5-6,9-11,13H2,1H3,(H,29,36)(H,32,37)/t15-,16-,17-,20-,23-/m0/s1. The maximum Gasteiger partial charge on any atom is 0.286 e. The Balaban J connectivity index is 1.29. The maximum absolute atomic E-state index is 14.0. The summed E-state index contributed by atoms with van der Waals surface area (Å²) in [6.07, 6.45) is 5.50. The van der Waals surface area contributed by atoms with Crippen LogP contribution in [0.25, 0.3) is 10.9 Å². The highest BCUT2D eigenvalue weighted by Gasteiger charge is 2.49.